The van der Waals surface area contributed by atoms with Gasteiger partial charge in [0.2, 0.25) is 11.8 Å². The first kappa shape index (κ1) is 20.3. The summed E-state index contributed by atoms with van der Waals surface area (Å²) in [6, 6.07) is 6.60. The van der Waals surface area contributed by atoms with Crippen LogP contribution in [0.3, 0.4) is 0 Å². The summed E-state index contributed by atoms with van der Waals surface area (Å²) in [6.45, 7) is 1.86. The van der Waals surface area contributed by atoms with Gasteiger partial charge in [0.1, 0.15) is 0 Å². The Balaban J connectivity index is 1.96. The molecule has 2 aromatic rings. The fourth-order valence-corrected chi connectivity index (χ4v) is 3.02. The number of amides is 2. The molecule has 2 amide bonds. The van der Waals surface area contributed by atoms with Crippen LogP contribution in [-0.4, -0.2) is 35.3 Å². The topological polar surface area (TPSA) is 162 Å². The lowest BCUT2D eigenvalue weighted by atomic mass is 10.1. The average molecular weight is 389 g/mol. The zero-order valence-corrected chi connectivity index (χ0v) is 15.8. The number of nitrogens with zero attached hydrogens (tertiary/aromatic N) is 2. The maximum Gasteiger partial charge on any atom is 0.241 e. The van der Waals surface area contributed by atoms with Crippen LogP contribution >= 0.6 is 11.3 Å². The predicted molar refractivity (Wildman–Crippen MR) is 108 cm³/mol. The molecule has 0 aliphatic heterocycles. The number of hydrogen-bond donors (Lipinski definition) is 5. The molecule has 2 rings (SSSR count). The molecule has 0 spiro atoms. The fourth-order valence-electron chi connectivity index (χ4n) is 2.26. The van der Waals surface area contributed by atoms with Gasteiger partial charge in [-0.1, -0.05) is 12.1 Å². The van der Waals surface area contributed by atoms with E-state index in [-0.39, 0.29) is 17.8 Å². The molecule has 1 heterocycles. The summed E-state index contributed by atoms with van der Waals surface area (Å²) in [6.07, 6.45) is 1.08. The number of carbonyl (C=O) groups is 2. The van der Waals surface area contributed by atoms with Crippen LogP contribution in [0.4, 0.5) is 10.8 Å². The van der Waals surface area contributed by atoms with Gasteiger partial charge in [-0.2, -0.15) is 0 Å². The number of aromatic nitrogens is 1. The normalized spacial score (nSPS) is 11.5. The number of thiazole rings is 1. The molecule has 0 saturated carbocycles. The Labute approximate surface area is 161 Å². The molecule has 0 aliphatic rings. The van der Waals surface area contributed by atoms with E-state index in [4.69, 9.17) is 17.2 Å². The minimum Gasteiger partial charge on any atom is -0.370 e. The van der Waals surface area contributed by atoms with E-state index in [1.54, 1.807) is 12.1 Å². The first-order chi connectivity index (χ1) is 12.8. The number of nitrogens with one attached hydrogen (secondary N) is 2. The third kappa shape index (κ3) is 6.68. The lowest BCUT2D eigenvalue weighted by molar-refractivity contribution is -0.117. The van der Waals surface area contributed by atoms with Crippen molar-refractivity contribution in [3.05, 3.63) is 29.6 Å². The summed E-state index contributed by atoms with van der Waals surface area (Å²) < 4.78 is 0. The Morgan fingerprint density at radius 3 is 2.78 bits per heavy atom. The summed E-state index contributed by atoms with van der Waals surface area (Å²) in [5.41, 5.74) is 18.6. The highest BCUT2D eigenvalue weighted by Gasteiger charge is 2.14. The molecule has 0 radical (unpaired) electrons. The van der Waals surface area contributed by atoms with Crippen LogP contribution in [0.15, 0.2) is 34.6 Å². The van der Waals surface area contributed by atoms with Crippen LogP contribution in [0.5, 0.6) is 0 Å². The monoisotopic (exact) mass is 389 g/mol. The van der Waals surface area contributed by atoms with Gasteiger partial charge in [0.25, 0.3) is 0 Å². The van der Waals surface area contributed by atoms with Gasteiger partial charge in [-0.05, 0) is 25.0 Å². The molecule has 0 fully saturated rings. The molecule has 10 heteroatoms. The summed E-state index contributed by atoms with van der Waals surface area (Å²) in [5, 5.41) is 7.80. The average Bonchev–Trinajstić information content (AvgIpc) is 3.06. The van der Waals surface area contributed by atoms with E-state index in [1.165, 1.54) is 18.3 Å². The lowest BCUT2D eigenvalue weighted by Gasteiger charge is -2.12. The minimum absolute atomic E-state index is 0.0218. The van der Waals surface area contributed by atoms with Gasteiger partial charge in [-0.15, -0.1) is 11.3 Å². The minimum atomic E-state index is -0.659. The third-order valence-electron chi connectivity index (χ3n) is 3.52. The first-order valence-electron chi connectivity index (χ1n) is 8.30. The summed E-state index contributed by atoms with van der Waals surface area (Å²) in [7, 11) is 0. The largest absolute Gasteiger partial charge is 0.370 e. The predicted octanol–water partition coefficient (Wildman–Crippen LogP) is 1.09. The highest BCUT2D eigenvalue weighted by atomic mass is 32.1. The number of anilines is 2. The Morgan fingerprint density at radius 2 is 2.07 bits per heavy atom. The van der Waals surface area contributed by atoms with Crippen molar-refractivity contribution in [2.24, 2.45) is 22.2 Å². The highest BCUT2D eigenvalue weighted by Crippen LogP contribution is 2.26. The SMILES string of the molecule is CC(=O)Nc1nc(-c2cccc(NC(=O)[C@@H](N)CCCN=C(N)N)c2)cs1. The van der Waals surface area contributed by atoms with E-state index in [1.807, 2.05) is 17.5 Å². The van der Waals surface area contributed by atoms with E-state index < -0.39 is 6.04 Å². The number of benzene rings is 1. The van der Waals surface area contributed by atoms with Gasteiger partial charge in [-0.3, -0.25) is 14.6 Å². The molecule has 1 atom stereocenters. The van der Waals surface area contributed by atoms with E-state index in [2.05, 4.69) is 20.6 Å². The highest BCUT2D eigenvalue weighted by molar-refractivity contribution is 7.14. The maximum atomic E-state index is 12.2. The molecule has 9 nitrogen and oxygen atoms in total. The number of hydrogen-bond acceptors (Lipinski definition) is 6. The zero-order valence-electron chi connectivity index (χ0n) is 14.9. The summed E-state index contributed by atoms with van der Waals surface area (Å²) in [4.78, 5) is 31.5. The van der Waals surface area contributed by atoms with E-state index in [9.17, 15) is 9.59 Å². The number of aliphatic imine (C=N–C) groups is 1. The van der Waals surface area contributed by atoms with Crippen LogP contribution in [0.1, 0.15) is 19.8 Å². The van der Waals surface area contributed by atoms with Gasteiger partial charge >= 0.3 is 0 Å². The molecular weight excluding hydrogens is 366 g/mol. The number of guanidine groups is 1. The van der Waals surface area contributed by atoms with Crippen molar-refractivity contribution in [1.82, 2.24) is 4.98 Å². The van der Waals surface area contributed by atoms with Crippen molar-refractivity contribution in [3.8, 4) is 11.3 Å². The van der Waals surface area contributed by atoms with E-state index >= 15 is 0 Å². The standard InChI is InChI=1S/C17H23N7O2S/c1-10(25)22-17-24-14(9-27-17)11-4-2-5-12(8-11)23-15(26)13(18)6-3-7-21-16(19)20/h2,4-5,8-9,13H,3,6-7,18H2,1H3,(H,23,26)(H4,19,20,21)(H,22,24,25)/t13-/m0/s1. The Morgan fingerprint density at radius 1 is 1.30 bits per heavy atom. The molecule has 1 aromatic heterocycles. The van der Waals surface area contributed by atoms with Crippen molar-refractivity contribution >= 4 is 39.9 Å². The third-order valence-corrected chi connectivity index (χ3v) is 4.28. The Kier molecular flexibility index (Phi) is 7.26. The molecule has 1 aromatic carbocycles. The number of nitrogens with two attached hydrogens (primary N) is 3. The molecule has 0 unspecified atom stereocenters. The van der Waals surface area contributed by atoms with Gasteiger partial charge in [0, 0.05) is 30.1 Å². The molecule has 0 saturated heterocycles. The zero-order chi connectivity index (χ0) is 19.8. The first-order valence-corrected chi connectivity index (χ1v) is 9.18. The van der Waals surface area contributed by atoms with E-state index in [0.717, 1.165) is 5.56 Å². The Hall–Kier alpha value is -2.98. The molecule has 8 N–H and O–H groups in total. The molecular formula is C17H23N7O2S. The summed E-state index contributed by atoms with van der Waals surface area (Å²) >= 11 is 1.33. The smallest absolute Gasteiger partial charge is 0.241 e. The fraction of sp³-hybridized carbons (Fsp3) is 0.294. The van der Waals surface area contributed by atoms with Crippen molar-refractivity contribution in [1.29, 1.82) is 0 Å². The Bertz CT molecular complexity index is 830. The van der Waals surface area contributed by atoms with Crippen molar-refractivity contribution in [3.63, 3.8) is 0 Å². The van der Waals surface area contributed by atoms with Crippen LogP contribution in [0, 0.1) is 0 Å². The quantitative estimate of drug-likeness (QED) is 0.258. The van der Waals surface area contributed by atoms with Crippen LogP contribution in [0.25, 0.3) is 11.3 Å². The van der Waals surface area contributed by atoms with Crippen LogP contribution in [-0.2, 0) is 9.59 Å². The van der Waals surface area contributed by atoms with Crippen LogP contribution in [0.2, 0.25) is 0 Å². The second-order valence-corrected chi connectivity index (χ2v) is 6.70. The van der Waals surface area contributed by atoms with Crippen LogP contribution < -0.4 is 27.8 Å². The molecule has 27 heavy (non-hydrogen) atoms. The van der Waals surface area contributed by atoms with Crippen molar-refractivity contribution in [2.75, 3.05) is 17.2 Å². The maximum absolute atomic E-state index is 12.2. The van der Waals surface area contributed by atoms with E-state index in [0.29, 0.717) is 35.9 Å². The van der Waals surface area contributed by atoms with Crippen molar-refractivity contribution in [2.45, 2.75) is 25.8 Å². The molecule has 0 aliphatic carbocycles. The number of carbonyl (C=O) groups excluding carboxylic acids is 2. The van der Waals surface area contributed by atoms with Crippen molar-refractivity contribution < 1.29 is 9.59 Å². The lowest BCUT2D eigenvalue weighted by Crippen LogP contribution is -2.35. The van der Waals surface area contributed by atoms with Gasteiger partial charge in [0.15, 0.2) is 11.1 Å². The number of rotatable bonds is 8. The van der Waals surface area contributed by atoms with Gasteiger partial charge < -0.3 is 27.8 Å². The molecule has 0 bridgehead atoms. The van der Waals surface area contributed by atoms with Gasteiger partial charge in [0.05, 0.1) is 11.7 Å². The second kappa shape index (κ2) is 9.64. The molecule has 144 valence electrons. The summed E-state index contributed by atoms with van der Waals surface area (Å²) in [5.74, 6) is -0.437. The second-order valence-electron chi connectivity index (χ2n) is 5.84. The van der Waals surface area contributed by atoms with Gasteiger partial charge in [-0.25, -0.2) is 4.98 Å².